The van der Waals surface area contributed by atoms with Gasteiger partial charge in [0.15, 0.2) is 0 Å². The van der Waals surface area contributed by atoms with E-state index in [9.17, 15) is 4.79 Å². The second kappa shape index (κ2) is 3.90. The molecule has 0 amide bonds. The molecular formula is C8H11NO3. The fraction of sp³-hybridized carbons (Fsp3) is 0.500. The number of rotatable bonds is 4. The second-order valence-electron chi connectivity index (χ2n) is 2.19. The molecule has 0 saturated heterocycles. The van der Waals surface area contributed by atoms with Crippen molar-refractivity contribution in [1.29, 1.82) is 0 Å². The number of hydrogen-bond acceptors (Lipinski definition) is 4. The van der Waals surface area contributed by atoms with Crippen molar-refractivity contribution in [2.75, 3.05) is 6.61 Å². The van der Waals surface area contributed by atoms with Crippen LogP contribution in [0.5, 0.6) is 5.95 Å². The second-order valence-corrected chi connectivity index (χ2v) is 2.19. The maximum absolute atomic E-state index is 11.0. The van der Waals surface area contributed by atoms with Gasteiger partial charge in [-0.05, 0) is 6.92 Å². The van der Waals surface area contributed by atoms with Gasteiger partial charge in [0.1, 0.15) is 6.20 Å². The van der Waals surface area contributed by atoms with Crippen LogP contribution in [0.25, 0.3) is 0 Å². The normalized spacial score (nSPS) is 9.83. The van der Waals surface area contributed by atoms with Crippen molar-refractivity contribution in [3.8, 4) is 5.95 Å². The minimum absolute atomic E-state index is 0.110. The molecule has 0 atom stereocenters. The third-order valence-electron chi connectivity index (χ3n) is 1.33. The standard InChI is InChI=1S/C8H11NO3/c1-3-6(10)8-9-5-7(12-8)11-4-2/h5H,3-4H2,1-2H3. The topological polar surface area (TPSA) is 52.3 Å². The Bertz CT molecular complexity index is 267. The molecule has 0 spiro atoms. The summed E-state index contributed by atoms with van der Waals surface area (Å²) in [4.78, 5) is 14.8. The summed E-state index contributed by atoms with van der Waals surface area (Å²) in [6.45, 7) is 4.10. The zero-order valence-electron chi connectivity index (χ0n) is 7.16. The Morgan fingerprint density at radius 3 is 3.00 bits per heavy atom. The Hall–Kier alpha value is -1.32. The molecule has 0 aliphatic rings. The molecule has 0 N–H and O–H groups in total. The maximum atomic E-state index is 11.0. The van der Waals surface area contributed by atoms with Crippen molar-refractivity contribution < 1.29 is 13.9 Å². The van der Waals surface area contributed by atoms with Gasteiger partial charge in [-0.25, -0.2) is 4.98 Å². The van der Waals surface area contributed by atoms with Crippen LogP contribution >= 0.6 is 0 Å². The monoisotopic (exact) mass is 169 g/mol. The number of Topliss-reactive ketones (excluding diaryl/α,β-unsaturated/α-hetero) is 1. The predicted octanol–water partition coefficient (Wildman–Crippen LogP) is 1.67. The highest BCUT2D eigenvalue weighted by molar-refractivity contribution is 5.91. The zero-order valence-corrected chi connectivity index (χ0v) is 7.16. The number of hydrogen-bond donors (Lipinski definition) is 0. The van der Waals surface area contributed by atoms with Crippen LogP contribution in [0.15, 0.2) is 10.6 Å². The number of oxazole rings is 1. The average Bonchev–Trinajstić information content (AvgIpc) is 2.52. The predicted molar refractivity (Wildman–Crippen MR) is 42.3 cm³/mol. The van der Waals surface area contributed by atoms with Crippen LogP contribution in [0.4, 0.5) is 0 Å². The van der Waals surface area contributed by atoms with E-state index in [-0.39, 0.29) is 11.7 Å². The molecule has 4 heteroatoms. The van der Waals surface area contributed by atoms with Gasteiger partial charge in [0.2, 0.25) is 5.78 Å². The van der Waals surface area contributed by atoms with Gasteiger partial charge in [-0.3, -0.25) is 4.79 Å². The quantitative estimate of drug-likeness (QED) is 0.643. The molecule has 0 fully saturated rings. The van der Waals surface area contributed by atoms with Gasteiger partial charge >= 0.3 is 5.95 Å². The van der Waals surface area contributed by atoms with Crippen molar-refractivity contribution in [3.63, 3.8) is 0 Å². The molecule has 0 saturated carbocycles. The first-order valence-electron chi connectivity index (χ1n) is 3.89. The minimum atomic E-state index is -0.110. The van der Waals surface area contributed by atoms with E-state index in [1.807, 2.05) is 6.92 Å². The first-order chi connectivity index (χ1) is 5.77. The summed E-state index contributed by atoms with van der Waals surface area (Å²) in [5.74, 6) is 0.316. The highest BCUT2D eigenvalue weighted by Crippen LogP contribution is 2.13. The zero-order chi connectivity index (χ0) is 8.97. The Labute approximate surface area is 70.5 Å². The summed E-state index contributed by atoms with van der Waals surface area (Å²) in [7, 11) is 0. The summed E-state index contributed by atoms with van der Waals surface area (Å²) >= 11 is 0. The number of nitrogens with zero attached hydrogens (tertiary/aromatic N) is 1. The SMILES string of the molecule is CCOc1cnc(C(=O)CC)o1. The lowest BCUT2D eigenvalue weighted by Gasteiger charge is -1.93. The Morgan fingerprint density at radius 1 is 1.67 bits per heavy atom. The molecule has 66 valence electrons. The number of ketones is 1. The van der Waals surface area contributed by atoms with Crippen molar-refractivity contribution in [1.82, 2.24) is 4.98 Å². The summed E-state index contributed by atoms with van der Waals surface area (Å²) in [5, 5.41) is 0. The van der Waals surface area contributed by atoms with Gasteiger partial charge in [-0.15, -0.1) is 0 Å². The van der Waals surface area contributed by atoms with Gasteiger partial charge in [0, 0.05) is 6.42 Å². The van der Waals surface area contributed by atoms with E-state index in [2.05, 4.69) is 4.98 Å². The molecule has 0 bridgehead atoms. The Morgan fingerprint density at radius 2 is 2.42 bits per heavy atom. The van der Waals surface area contributed by atoms with E-state index in [4.69, 9.17) is 9.15 Å². The highest BCUT2D eigenvalue weighted by atomic mass is 16.6. The summed E-state index contributed by atoms with van der Waals surface area (Å²) in [6.07, 6.45) is 1.80. The third-order valence-corrected chi connectivity index (χ3v) is 1.33. The molecule has 4 nitrogen and oxygen atoms in total. The lowest BCUT2D eigenvalue weighted by atomic mass is 10.3. The number of carbonyl (C=O) groups excluding carboxylic acids is 1. The maximum Gasteiger partial charge on any atom is 0.305 e. The van der Waals surface area contributed by atoms with Crippen molar-refractivity contribution in [2.24, 2.45) is 0 Å². The largest absolute Gasteiger partial charge is 0.464 e. The first kappa shape index (κ1) is 8.77. The molecule has 0 radical (unpaired) electrons. The fourth-order valence-electron chi connectivity index (χ4n) is 0.748. The van der Waals surface area contributed by atoms with E-state index in [0.29, 0.717) is 19.0 Å². The smallest absolute Gasteiger partial charge is 0.305 e. The average molecular weight is 169 g/mol. The van der Waals surface area contributed by atoms with Crippen molar-refractivity contribution >= 4 is 5.78 Å². The molecule has 1 heterocycles. The van der Waals surface area contributed by atoms with E-state index >= 15 is 0 Å². The van der Waals surface area contributed by atoms with Crippen LogP contribution in [0, 0.1) is 0 Å². The van der Waals surface area contributed by atoms with Crippen LogP contribution in [-0.4, -0.2) is 17.4 Å². The van der Waals surface area contributed by atoms with Crippen molar-refractivity contribution in [3.05, 3.63) is 12.1 Å². The van der Waals surface area contributed by atoms with Crippen molar-refractivity contribution in [2.45, 2.75) is 20.3 Å². The Balaban J connectivity index is 2.70. The molecule has 12 heavy (non-hydrogen) atoms. The van der Waals surface area contributed by atoms with Crippen LogP contribution in [0.1, 0.15) is 31.0 Å². The molecule has 0 aliphatic carbocycles. The van der Waals surface area contributed by atoms with Gasteiger partial charge in [0.05, 0.1) is 6.61 Å². The summed E-state index contributed by atoms with van der Waals surface area (Å²) in [5.41, 5.74) is 0. The van der Waals surface area contributed by atoms with E-state index < -0.39 is 0 Å². The molecular weight excluding hydrogens is 158 g/mol. The molecule has 0 aromatic carbocycles. The molecule has 1 rings (SSSR count). The van der Waals surface area contributed by atoms with E-state index in [0.717, 1.165) is 0 Å². The van der Waals surface area contributed by atoms with Crippen LogP contribution in [-0.2, 0) is 0 Å². The van der Waals surface area contributed by atoms with Crippen LogP contribution in [0.3, 0.4) is 0 Å². The van der Waals surface area contributed by atoms with Gasteiger partial charge in [-0.1, -0.05) is 6.92 Å². The van der Waals surface area contributed by atoms with E-state index in [1.165, 1.54) is 6.20 Å². The highest BCUT2D eigenvalue weighted by Gasteiger charge is 2.10. The fourth-order valence-corrected chi connectivity index (χ4v) is 0.748. The lowest BCUT2D eigenvalue weighted by Crippen LogP contribution is -1.95. The van der Waals surface area contributed by atoms with Gasteiger partial charge < -0.3 is 9.15 Å². The Kier molecular flexibility index (Phi) is 2.85. The van der Waals surface area contributed by atoms with Gasteiger partial charge in [0.25, 0.3) is 5.89 Å². The number of carbonyl (C=O) groups is 1. The van der Waals surface area contributed by atoms with Crippen LogP contribution in [0.2, 0.25) is 0 Å². The molecule has 0 unspecified atom stereocenters. The summed E-state index contributed by atoms with van der Waals surface area (Å²) in [6, 6.07) is 0. The molecule has 0 aliphatic heterocycles. The molecule has 1 aromatic heterocycles. The van der Waals surface area contributed by atoms with E-state index in [1.54, 1.807) is 6.92 Å². The molecule has 1 aromatic rings. The van der Waals surface area contributed by atoms with Gasteiger partial charge in [-0.2, -0.15) is 0 Å². The number of ether oxygens (including phenoxy) is 1. The van der Waals surface area contributed by atoms with Crippen LogP contribution < -0.4 is 4.74 Å². The summed E-state index contributed by atoms with van der Waals surface area (Å²) < 4.78 is 9.99. The lowest BCUT2D eigenvalue weighted by molar-refractivity contribution is 0.0946. The minimum Gasteiger partial charge on any atom is -0.464 e. The third kappa shape index (κ3) is 1.84. The number of aromatic nitrogens is 1. The first-order valence-corrected chi connectivity index (χ1v) is 3.89.